The van der Waals surface area contributed by atoms with Gasteiger partial charge in [-0.15, -0.1) is 0 Å². The summed E-state index contributed by atoms with van der Waals surface area (Å²) in [5.74, 6) is 1.13. The van der Waals surface area contributed by atoms with Crippen LogP contribution in [-0.4, -0.2) is 36.2 Å². The number of rotatable bonds is 7. The second-order valence-corrected chi connectivity index (χ2v) is 6.02. The molecular formula is C21H21N3O4. The van der Waals surface area contributed by atoms with Crippen LogP contribution in [0.5, 0.6) is 11.5 Å². The Morgan fingerprint density at radius 1 is 1.04 bits per heavy atom. The number of nitrogens with zero attached hydrogens (tertiary/aromatic N) is 2. The first-order valence-electron chi connectivity index (χ1n) is 8.74. The standard InChI is InChI=1S/C21H21N3O4/c1-27-17-8-6-15(7-9-17)19-13-20(25)24(14-23-19)11-10-22-21(26)16-4-3-5-18(12-16)28-2/h3-9,12-14H,10-11H2,1-2H3,(H,22,26). The van der Waals surface area contributed by atoms with E-state index in [4.69, 9.17) is 9.47 Å². The fourth-order valence-corrected chi connectivity index (χ4v) is 2.67. The largest absolute Gasteiger partial charge is 0.497 e. The fraction of sp³-hybridized carbons (Fsp3) is 0.190. The van der Waals surface area contributed by atoms with Gasteiger partial charge in [0, 0.05) is 30.3 Å². The van der Waals surface area contributed by atoms with Crippen molar-refractivity contribution in [2.75, 3.05) is 20.8 Å². The summed E-state index contributed by atoms with van der Waals surface area (Å²) in [6, 6.07) is 15.7. The van der Waals surface area contributed by atoms with Crippen LogP contribution in [0, 0.1) is 0 Å². The van der Waals surface area contributed by atoms with E-state index in [1.807, 2.05) is 24.3 Å². The summed E-state index contributed by atoms with van der Waals surface area (Å²) in [4.78, 5) is 28.9. The molecule has 0 aliphatic carbocycles. The van der Waals surface area contributed by atoms with Crippen molar-refractivity contribution in [1.82, 2.24) is 14.9 Å². The Labute approximate surface area is 162 Å². The van der Waals surface area contributed by atoms with Gasteiger partial charge in [0.05, 0.1) is 26.2 Å². The molecule has 0 atom stereocenters. The Bertz CT molecular complexity index is 1010. The number of benzene rings is 2. The molecule has 0 radical (unpaired) electrons. The maximum Gasteiger partial charge on any atom is 0.253 e. The number of carbonyl (C=O) groups is 1. The van der Waals surface area contributed by atoms with Crippen LogP contribution in [0.25, 0.3) is 11.3 Å². The summed E-state index contributed by atoms with van der Waals surface area (Å²) < 4.78 is 11.7. The highest BCUT2D eigenvalue weighted by atomic mass is 16.5. The number of nitrogens with one attached hydrogen (secondary N) is 1. The third-order valence-electron chi connectivity index (χ3n) is 4.24. The maximum atomic E-state index is 12.3. The highest BCUT2D eigenvalue weighted by Gasteiger charge is 2.07. The lowest BCUT2D eigenvalue weighted by Crippen LogP contribution is -2.30. The van der Waals surface area contributed by atoms with Gasteiger partial charge in [0.1, 0.15) is 11.5 Å². The Morgan fingerprint density at radius 3 is 2.46 bits per heavy atom. The van der Waals surface area contributed by atoms with Crippen LogP contribution in [0.2, 0.25) is 0 Å². The molecule has 0 unspecified atom stereocenters. The molecule has 7 nitrogen and oxygen atoms in total. The smallest absolute Gasteiger partial charge is 0.253 e. The molecule has 0 fully saturated rings. The van der Waals surface area contributed by atoms with Crippen molar-refractivity contribution in [3.63, 3.8) is 0 Å². The van der Waals surface area contributed by atoms with Gasteiger partial charge in [-0.2, -0.15) is 0 Å². The Balaban J connectivity index is 1.61. The molecule has 1 amide bonds. The van der Waals surface area contributed by atoms with Gasteiger partial charge in [0.15, 0.2) is 0 Å². The van der Waals surface area contributed by atoms with Gasteiger partial charge in [-0.1, -0.05) is 6.07 Å². The van der Waals surface area contributed by atoms with Gasteiger partial charge in [-0.25, -0.2) is 4.98 Å². The summed E-state index contributed by atoms with van der Waals surface area (Å²) in [7, 11) is 3.15. The van der Waals surface area contributed by atoms with E-state index in [1.165, 1.54) is 17.0 Å². The zero-order valence-corrected chi connectivity index (χ0v) is 15.7. The molecule has 0 aliphatic heterocycles. The van der Waals surface area contributed by atoms with Crippen LogP contribution in [0.1, 0.15) is 10.4 Å². The van der Waals surface area contributed by atoms with Crippen LogP contribution >= 0.6 is 0 Å². The van der Waals surface area contributed by atoms with Crippen molar-refractivity contribution < 1.29 is 14.3 Å². The lowest BCUT2D eigenvalue weighted by molar-refractivity contribution is 0.0952. The predicted molar refractivity (Wildman–Crippen MR) is 106 cm³/mol. The molecule has 0 bridgehead atoms. The van der Waals surface area contributed by atoms with Gasteiger partial charge >= 0.3 is 0 Å². The number of hydrogen-bond acceptors (Lipinski definition) is 5. The zero-order valence-electron chi connectivity index (χ0n) is 15.7. The molecular weight excluding hydrogens is 358 g/mol. The van der Waals surface area contributed by atoms with Crippen molar-refractivity contribution in [3.05, 3.63) is 76.8 Å². The molecule has 1 aromatic heterocycles. The number of ether oxygens (including phenoxy) is 2. The fourth-order valence-electron chi connectivity index (χ4n) is 2.67. The lowest BCUT2D eigenvalue weighted by Gasteiger charge is -2.09. The van der Waals surface area contributed by atoms with E-state index >= 15 is 0 Å². The van der Waals surface area contributed by atoms with E-state index in [0.717, 1.165) is 11.3 Å². The zero-order chi connectivity index (χ0) is 19.9. The SMILES string of the molecule is COc1ccc(-c2cc(=O)n(CCNC(=O)c3cccc(OC)c3)cn2)cc1. The maximum absolute atomic E-state index is 12.3. The van der Waals surface area contributed by atoms with Crippen molar-refractivity contribution in [1.29, 1.82) is 0 Å². The van der Waals surface area contributed by atoms with Crippen molar-refractivity contribution in [3.8, 4) is 22.8 Å². The summed E-state index contributed by atoms with van der Waals surface area (Å²) in [5.41, 5.74) is 1.73. The van der Waals surface area contributed by atoms with E-state index in [-0.39, 0.29) is 11.5 Å². The molecule has 2 aromatic carbocycles. The number of aromatic nitrogens is 2. The first-order chi connectivity index (χ1) is 13.6. The molecule has 3 rings (SSSR count). The predicted octanol–water partition coefficient (Wildman–Crippen LogP) is 2.36. The van der Waals surface area contributed by atoms with Gasteiger partial charge in [0.2, 0.25) is 0 Å². The Morgan fingerprint density at radius 2 is 1.79 bits per heavy atom. The number of hydrogen-bond donors (Lipinski definition) is 1. The first-order valence-corrected chi connectivity index (χ1v) is 8.74. The van der Waals surface area contributed by atoms with Gasteiger partial charge < -0.3 is 14.8 Å². The molecule has 28 heavy (non-hydrogen) atoms. The molecule has 0 saturated carbocycles. The summed E-state index contributed by atoms with van der Waals surface area (Å²) in [6.07, 6.45) is 1.49. The Kier molecular flexibility index (Phi) is 6.06. The third-order valence-corrected chi connectivity index (χ3v) is 4.24. The summed E-state index contributed by atoms with van der Waals surface area (Å²) >= 11 is 0. The monoisotopic (exact) mass is 379 g/mol. The minimum absolute atomic E-state index is 0.184. The summed E-state index contributed by atoms with van der Waals surface area (Å²) in [5, 5.41) is 2.79. The van der Waals surface area contributed by atoms with E-state index in [9.17, 15) is 9.59 Å². The summed E-state index contributed by atoms with van der Waals surface area (Å²) in [6.45, 7) is 0.629. The number of carbonyl (C=O) groups excluding carboxylic acids is 1. The van der Waals surface area contributed by atoms with Crippen molar-refractivity contribution >= 4 is 5.91 Å². The molecule has 0 spiro atoms. The Hall–Kier alpha value is -3.61. The van der Waals surface area contributed by atoms with Crippen LogP contribution in [0.15, 0.2) is 65.7 Å². The quantitative estimate of drug-likeness (QED) is 0.681. The van der Waals surface area contributed by atoms with E-state index in [0.29, 0.717) is 30.1 Å². The second-order valence-electron chi connectivity index (χ2n) is 6.02. The van der Waals surface area contributed by atoms with Crippen LogP contribution in [0.3, 0.4) is 0 Å². The van der Waals surface area contributed by atoms with Gasteiger partial charge in [0.25, 0.3) is 11.5 Å². The van der Waals surface area contributed by atoms with E-state index in [2.05, 4.69) is 10.3 Å². The minimum atomic E-state index is -0.227. The van der Waals surface area contributed by atoms with Gasteiger partial charge in [-0.3, -0.25) is 14.2 Å². The second kappa shape index (κ2) is 8.85. The molecule has 144 valence electrons. The number of methoxy groups -OCH3 is 2. The van der Waals surface area contributed by atoms with Crippen LogP contribution in [-0.2, 0) is 6.54 Å². The van der Waals surface area contributed by atoms with E-state index in [1.54, 1.807) is 38.5 Å². The topological polar surface area (TPSA) is 82.5 Å². The molecule has 0 aliphatic rings. The molecule has 0 saturated heterocycles. The molecule has 1 N–H and O–H groups in total. The van der Waals surface area contributed by atoms with Crippen LogP contribution in [0.4, 0.5) is 0 Å². The molecule has 3 aromatic rings. The minimum Gasteiger partial charge on any atom is -0.497 e. The molecule has 7 heteroatoms. The normalized spacial score (nSPS) is 10.4. The highest BCUT2D eigenvalue weighted by molar-refractivity contribution is 5.94. The van der Waals surface area contributed by atoms with E-state index < -0.39 is 0 Å². The lowest BCUT2D eigenvalue weighted by atomic mass is 10.1. The first kappa shape index (κ1) is 19.2. The van der Waals surface area contributed by atoms with Crippen molar-refractivity contribution in [2.24, 2.45) is 0 Å². The third kappa shape index (κ3) is 4.56. The average Bonchev–Trinajstić information content (AvgIpc) is 2.74. The van der Waals surface area contributed by atoms with Gasteiger partial charge in [-0.05, 0) is 42.5 Å². The highest BCUT2D eigenvalue weighted by Crippen LogP contribution is 2.19. The number of amides is 1. The van der Waals surface area contributed by atoms with Crippen molar-refractivity contribution in [2.45, 2.75) is 6.54 Å². The average molecular weight is 379 g/mol. The van der Waals surface area contributed by atoms with Crippen LogP contribution < -0.4 is 20.3 Å². The molecule has 1 heterocycles.